The number of piperidine rings is 1. The second kappa shape index (κ2) is 16.8. The maximum absolute atomic E-state index is 14.4. The predicted molar refractivity (Wildman–Crippen MR) is 250 cm³/mol. The van der Waals surface area contributed by atoms with E-state index in [0.717, 1.165) is 73.4 Å². The molecule has 15 heteroatoms. The van der Waals surface area contributed by atoms with Crippen LogP contribution in [0, 0.1) is 17.3 Å². The summed E-state index contributed by atoms with van der Waals surface area (Å²) < 4.78 is 15.3. The molecule has 2 aliphatic heterocycles. The standard InChI is InChI=1S/C51H54N8O7/c1-51(2,3)44(57-50(63)66-6)48(61)59-38-23-33(38)24-40(59)46-53-37-19-15-32-22-30(13-17-35(32)43(37)55-46)29-12-16-34-31(21-29)14-18-36-42(34)54-45(52-36)39-20-27(26-64-4)25-58(39)47(60)41(56-49(62)65-5)28-10-8-7-9-11-28/h7-19,21-22,27,33,38-41,44H,20,23-26H2,1-6H3,(H,52,54)(H,53,55)(H,56,62)(H,57,63)/t27-,33?,38+,39-,40-,41+,44+/m0/s1. The average molecular weight is 891 g/mol. The van der Waals surface area contributed by atoms with Crippen molar-refractivity contribution >= 4 is 67.6 Å². The molecule has 3 aliphatic rings. The number of likely N-dealkylation sites (tertiary alicyclic amines) is 2. The molecule has 7 atom stereocenters. The van der Waals surface area contributed by atoms with Crippen molar-refractivity contribution in [1.29, 1.82) is 0 Å². The second-order valence-corrected chi connectivity index (χ2v) is 19.1. The third-order valence-corrected chi connectivity index (χ3v) is 13.8. The minimum atomic E-state index is -0.944. The third kappa shape index (κ3) is 7.74. The molecule has 340 valence electrons. The molecule has 10 rings (SSSR count). The number of rotatable bonds is 10. The number of aromatic amines is 2. The molecule has 4 N–H and O–H groups in total. The topological polar surface area (TPSA) is 184 Å². The van der Waals surface area contributed by atoms with E-state index in [2.05, 4.69) is 75.2 Å². The summed E-state index contributed by atoms with van der Waals surface area (Å²) in [6.07, 6.45) is 1.10. The minimum absolute atomic E-state index is 0.0719. The summed E-state index contributed by atoms with van der Waals surface area (Å²) in [6.45, 7) is 6.76. The quantitative estimate of drug-likeness (QED) is 0.105. The summed E-state index contributed by atoms with van der Waals surface area (Å²) in [4.78, 5) is 74.5. The lowest BCUT2D eigenvalue weighted by Gasteiger charge is -2.36. The van der Waals surface area contributed by atoms with Gasteiger partial charge in [-0.15, -0.1) is 0 Å². The van der Waals surface area contributed by atoms with Gasteiger partial charge in [0.1, 0.15) is 23.7 Å². The molecule has 3 fully saturated rings. The van der Waals surface area contributed by atoms with Crippen LogP contribution in [0.25, 0.3) is 54.7 Å². The van der Waals surface area contributed by atoms with Gasteiger partial charge in [-0.25, -0.2) is 19.6 Å². The molecule has 1 unspecified atom stereocenters. The largest absolute Gasteiger partial charge is 0.453 e. The Balaban J connectivity index is 0.927. The SMILES string of the molecule is COC[C@H]1C[C@@H](c2nc3c(ccc4cc(-c5ccc6c(ccc7[nH]c([C@@H]8CC9C[C@H]9N8C(=O)[C@@H](NC(=O)OC)C(C)(C)C)nc76)c5)ccc43)[nH]2)N(C(=O)[C@H](NC(=O)OC)c2ccccc2)C1. The Morgan fingerprint density at radius 3 is 1.88 bits per heavy atom. The fraction of sp³-hybridized carbons (Fsp3) is 0.373. The highest BCUT2D eigenvalue weighted by Gasteiger charge is 2.57. The Kier molecular flexibility index (Phi) is 10.9. The van der Waals surface area contributed by atoms with Gasteiger partial charge in [0.05, 0.1) is 55.0 Å². The first-order valence-electron chi connectivity index (χ1n) is 22.5. The predicted octanol–water partition coefficient (Wildman–Crippen LogP) is 8.48. The summed E-state index contributed by atoms with van der Waals surface area (Å²) in [5, 5.41) is 9.61. The van der Waals surface area contributed by atoms with Gasteiger partial charge >= 0.3 is 12.2 Å². The van der Waals surface area contributed by atoms with Gasteiger partial charge in [-0.2, -0.15) is 0 Å². The van der Waals surface area contributed by atoms with E-state index in [1.807, 2.05) is 62.1 Å². The van der Waals surface area contributed by atoms with E-state index < -0.39 is 29.7 Å². The highest BCUT2D eigenvalue weighted by Crippen LogP contribution is 2.54. The van der Waals surface area contributed by atoms with E-state index in [-0.39, 0.29) is 35.9 Å². The van der Waals surface area contributed by atoms with Crippen LogP contribution in [0.5, 0.6) is 0 Å². The van der Waals surface area contributed by atoms with E-state index in [0.29, 0.717) is 36.9 Å². The molecule has 0 radical (unpaired) electrons. The van der Waals surface area contributed by atoms with Gasteiger partial charge in [-0.3, -0.25) is 9.59 Å². The molecule has 2 saturated heterocycles. The number of H-pyrrole nitrogens is 2. The Morgan fingerprint density at radius 2 is 1.30 bits per heavy atom. The van der Waals surface area contributed by atoms with Gasteiger partial charge in [0.25, 0.3) is 5.91 Å². The van der Waals surface area contributed by atoms with Crippen molar-refractivity contribution in [2.75, 3.05) is 34.5 Å². The van der Waals surface area contributed by atoms with E-state index in [4.69, 9.17) is 24.2 Å². The lowest BCUT2D eigenvalue weighted by molar-refractivity contribution is -0.138. The van der Waals surface area contributed by atoms with Crippen molar-refractivity contribution in [2.24, 2.45) is 17.3 Å². The van der Waals surface area contributed by atoms with Gasteiger partial charge < -0.3 is 44.6 Å². The van der Waals surface area contributed by atoms with Crippen LogP contribution in [0.3, 0.4) is 0 Å². The van der Waals surface area contributed by atoms with E-state index >= 15 is 0 Å². The van der Waals surface area contributed by atoms with Gasteiger partial charge in [0.15, 0.2) is 0 Å². The zero-order valence-corrected chi connectivity index (χ0v) is 37.9. The second-order valence-electron chi connectivity index (χ2n) is 19.1. The van der Waals surface area contributed by atoms with Gasteiger partial charge in [0.2, 0.25) is 5.91 Å². The number of hydrogen-bond acceptors (Lipinski definition) is 9. The van der Waals surface area contributed by atoms with Crippen LogP contribution < -0.4 is 10.6 Å². The highest BCUT2D eigenvalue weighted by atomic mass is 16.5. The fourth-order valence-electron chi connectivity index (χ4n) is 10.4. The van der Waals surface area contributed by atoms with Gasteiger partial charge in [-0.1, -0.05) is 87.5 Å². The number of carbonyl (C=O) groups is 4. The number of aromatic nitrogens is 4. The van der Waals surface area contributed by atoms with Crippen LogP contribution in [0.15, 0.2) is 91.0 Å². The molecule has 0 bridgehead atoms. The number of methoxy groups -OCH3 is 3. The van der Waals surface area contributed by atoms with Crippen molar-refractivity contribution in [2.45, 2.75) is 70.2 Å². The summed E-state index contributed by atoms with van der Waals surface area (Å²) in [6, 6.07) is 28.1. The summed E-state index contributed by atoms with van der Waals surface area (Å²) in [5.41, 5.74) is 5.66. The van der Waals surface area contributed by atoms with E-state index in [1.54, 1.807) is 12.0 Å². The molecule has 0 spiro atoms. The fourth-order valence-corrected chi connectivity index (χ4v) is 10.4. The van der Waals surface area contributed by atoms with Crippen LogP contribution in [-0.2, 0) is 23.8 Å². The minimum Gasteiger partial charge on any atom is -0.453 e. The number of ether oxygens (including phenoxy) is 3. The van der Waals surface area contributed by atoms with Crippen LogP contribution in [-0.4, -0.2) is 100 Å². The Labute approximate surface area is 381 Å². The van der Waals surface area contributed by atoms with Gasteiger partial charge in [0, 0.05) is 36.4 Å². The smallest absolute Gasteiger partial charge is 0.407 e. The van der Waals surface area contributed by atoms with Crippen LogP contribution >= 0.6 is 0 Å². The molecular weight excluding hydrogens is 837 g/mol. The number of nitrogens with zero attached hydrogens (tertiary/aromatic N) is 4. The van der Waals surface area contributed by atoms with Crippen molar-refractivity contribution in [3.8, 4) is 11.1 Å². The summed E-state index contributed by atoms with van der Waals surface area (Å²) >= 11 is 0. The van der Waals surface area contributed by atoms with Crippen LogP contribution in [0.1, 0.15) is 75.4 Å². The molecule has 5 aromatic carbocycles. The van der Waals surface area contributed by atoms with Gasteiger partial charge in [-0.05, 0) is 82.3 Å². The lowest BCUT2D eigenvalue weighted by atomic mass is 9.85. The maximum Gasteiger partial charge on any atom is 0.407 e. The summed E-state index contributed by atoms with van der Waals surface area (Å²) in [5.74, 6) is 1.55. The van der Waals surface area contributed by atoms with Crippen molar-refractivity contribution in [3.05, 3.63) is 108 Å². The number of hydrogen-bond donors (Lipinski definition) is 4. The first-order valence-corrected chi connectivity index (χ1v) is 22.5. The molecule has 1 aliphatic carbocycles. The Morgan fingerprint density at radius 1 is 0.712 bits per heavy atom. The van der Waals surface area contributed by atoms with E-state index in [9.17, 15) is 19.2 Å². The molecule has 66 heavy (non-hydrogen) atoms. The molecular formula is C51H54N8O7. The number of fused-ring (bicyclic) bond motifs is 7. The summed E-state index contributed by atoms with van der Waals surface area (Å²) in [7, 11) is 4.25. The number of benzene rings is 5. The van der Waals surface area contributed by atoms with Crippen molar-refractivity contribution in [3.63, 3.8) is 0 Å². The zero-order chi connectivity index (χ0) is 46.0. The number of amides is 4. The Hall–Kier alpha value is -7.00. The Bertz CT molecular complexity index is 3030. The van der Waals surface area contributed by atoms with Crippen molar-refractivity contribution < 1.29 is 33.4 Å². The average Bonchev–Trinajstić information content (AvgIpc) is 3.75. The number of carbonyl (C=O) groups excluding carboxylic acids is 4. The normalized spacial score (nSPS) is 21.3. The number of nitrogens with one attached hydrogen (secondary N) is 4. The monoisotopic (exact) mass is 890 g/mol. The maximum atomic E-state index is 14.4. The molecule has 15 nitrogen and oxygen atoms in total. The zero-order valence-electron chi connectivity index (χ0n) is 37.9. The van der Waals surface area contributed by atoms with Crippen LogP contribution in [0.4, 0.5) is 9.59 Å². The molecule has 2 aromatic heterocycles. The number of alkyl carbamates (subject to hydrolysis) is 2. The lowest BCUT2D eigenvalue weighted by Crippen LogP contribution is -2.55. The number of imidazole rings is 2. The van der Waals surface area contributed by atoms with Crippen molar-refractivity contribution in [1.82, 2.24) is 40.4 Å². The van der Waals surface area contributed by atoms with E-state index in [1.165, 1.54) is 14.2 Å². The van der Waals surface area contributed by atoms with Crippen LogP contribution in [0.2, 0.25) is 0 Å². The molecule has 4 heterocycles. The molecule has 7 aromatic rings. The molecule has 1 saturated carbocycles. The molecule has 4 amide bonds. The third-order valence-electron chi connectivity index (χ3n) is 13.8. The first-order chi connectivity index (χ1) is 31.8. The first kappa shape index (κ1) is 42.9. The highest BCUT2D eigenvalue weighted by molar-refractivity contribution is 6.07.